The second-order valence-corrected chi connectivity index (χ2v) is 9.14. The normalized spacial score (nSPS) is 27.0. The number of H-pyrrole nitrogens is 1. The van der Waals surface area contributed by atoms with E-state index in [1.54, 1.807) is 22.2 Å². The Morgan fingerprint density at radius 3 is 2.96 bits per heavy atom. The summed E-state index contributed by atoms with van der Waals surface area (Å²) in [6.07, 6.45) is -0.223. The van der Waals surface area contributed by atoms with Gasteiger partial charge in [0.2, 0.25) is 0 Å². The zero-order chi connectivity index (χ0) is 20.4. The summed E-state index contributed by atoms with van der Waals surface area (Å²) in [5.41, 5.74) is 6.74. The van der Waals surface area contributed by atoms with Crippen LogP contribution in [-0.2, 0) is 20.4 Å². The second kappa shape index (κ2) is 8.72. The van der Waals surface area contributed by atoms with Crippen molar-refractivity contribution in [1.82, 2.24) is 14.5 Å². The molecule has 3 heterocycles. The van der Waals surface area contributed by atoms with E-state index in [-0.39, 0.29) is 0 Å². The molecule has 3 unspecified atom stereocenters. The Morgan fingerprint density at radius 2 is 2.29 bits per heavy atom. The van der Waals surface area contributed by atoms with Gasteiger partial charge in [-0.05, 0) is 6.07 Å². The molecule has 3 rings (SSSR count). The summed E-state index contributed by atoms with van der Waals surface area (Å²) >= 11 is 5.25. The fraction of sp³-hybridized carbons (Fsp3) is 0.471. The molecule has 0 spiro atoms. The number of carbonyl (C=O) groups is 1. The van der Waals surface area contributed by atoms with E-state index in [4.69, 9.17) is 27.8 Å². The predicted molar refractivity (Wildman–Crippen MR) is 108 cm³/mol. The van der Waals surface area contributed by atoms with Gasteiger partial charge < -0.3 is 30.8 Å². The number of hydrogen-bond acceptors (Lipinski definition) is 7. The molecule has 1 aliphatic rings. The first-order valence-electron chi connectivity index (χ1n) is 8.66. The third kappa shape index (κ3) is 4.14. The molecule has 152 valence electrons. The summed E-state index contributed by atoms with van der Waals surface area (Å²) in [7, 11) is -0.411. The number of nitrogens with two attached hydrogens (primary N) is 1. The van der Waals surface area contributed by atoms with Gasteiger partial charge in [0.15, 0.2) is 6.23 Å². The first-order chi connectivity index (χ1) is 13.3. The van der Waals surface area contributed by atoms with Crippen molar-refractivity contribution in [2.75, 3.05) is 11.5 Å². The van der Waals surface area contributed by atoms with Gasteiger partial charge in [-0.2, -0.15) is 0 Å². The van der Waals surface area contributed by atoms with Gasteiger partial charge >= 0.3 is 5.97 Å². The number of aromatic nitrogens is 3. The van der Waals surface area contributed by atoms with Crippen molar-refractivity contribution in [3.05, 3.63) is 35.1 Å². The minimum absolute atomic E-state index is 0.294. The number of aliphatic hydroxyl groups excluding tert-OH is 2. The number of fused-ring (bicyclic) bond motifs is 1. The lowest BCUT2D eigenvalue weighted by atomic mass is 10.1. The van der Waals surface area contributed by atoms with Crippen molar-refractivity contribution in [3.8, 4) is 0 Å². The van der Waals surface area contributed by atoms with Crippen molar-refractivity contribution in [3.63, 3.8) is 0 Å². The molecular weight excluding hydrogens is 404 g/mol. The van der Waals surface area contributed by atoms with Gasteiger partial charge in [-0.3, -0.25) is 9.36 Å². The van der Waals surface area contributed by atoms with Crippen LogP contribution in [0.2, 0.25) is 0 Å². The maximum Gasteiger partial charge on any atom is 0.320 e. The van der Waals surface area contributed by atoms with Crippen LogP contribution in [0.5, 0.6) is 0 Å². The summed E-state index contributed by atoms with van der Waals surface area (Å²) in [4.78, 5) is 18.2. The summed E-state index contributed by atoms with van der Waals surface area (Å²) in [5, 5.41) is 31.6. The van der Waals surface area contributed by atoms with E-state index in [1.807, 2.05) is 0 Å². The maximum atomic E-state index is 10.9. The Balaban J connectivity index is 1.72. The third-order valence-electron chi connectivity index (χ3n) is 4.72. The van der Waals surface area contributed by atoms with Crippen LogP contribution >= 0.6 is 12.2 Å². The molecule has 1 aliphatic heterocycles. The van der Waals surface area contributed by atoms with Gasteiger partial charge in [0.25, 0.3) is 0 Å². The van der Waals surface area contributed by atoms with Crippen LogP contribution < -0.4 is 5.73 Å². The number of nitrogens with one attached hydrogen (secondary N) is 1. The SMILES string of the molecule is C=C[S+](CCC(N)C(=O)O)C[C@H]1O[C@@H](n2cnc3c(=S)cc[nH]c32)[C@@H](O)C1O. The quantitative estimate of drug-likeness (QED) is 0.298. The van der Waals surface area contributed by atoms with Crippen LogP contribution in [0.4, 0.5) is 0 Å². The molecule has 6 atom stereocenters. The largest absolute Gasteiger partial charge is 0.480 e. The molecule has 1 fully saturated rings. The molecule has 6 N–H and O–H groups in total. The van der Waals surface area contributed by atoms with Crippen LogP contribution in [0.15, 0.2) is 30.6 Å². The Labute approximate surface area is 169 Å². The highest BCUT2D eigenvalue weighted by atomic mass is 32.2. The van der Waals surface area contributed by atoms with E-state index in [2.05, 4.69) is 16.5 Å². The van der Waals surface area contributed by atoms with E-state index in [0.29, 0.717) is 33.6 Å². The highest BCUT2D eigenvalue weighted by molar-refractivity contribution is 7.99. The zero-order valence-electron chi connectivity index (χ0n) is 15.0. The monoisotopic (exact) mass is 427 g/mol. The number of nitrogens with zero attached hydrogens (tertiary/aromatic N) is 2. The lowest BCUT2D eigenvalue weighted by molar-refractivity contribution is -0.138. The Morgan fingerprint density at radius 1 is 1.54 bits per heavy atom. The van der Waals surface area contributed by atoms with Crippen LogP contribution in [-0.4, -0.2) is 71.7 Å². The number of carboxylic acids is 1. The second-order valence-electron chi connectivity index (χ2n) is 6.55. The van der Waals surface area contributed by atoms with Gasteiger partial charge in [0, 0.05) is 23.5 Å². The molecule has 1 saturated heterocycles. The number of imidazole rings is 1. The molecule has 0 saturated carbocycles. The lowest BCUT2D eigenvalue weighted by Gasteiger charge is -2.16. The predicted octanol–water partition coefficient (Wildman–Crippen LogP) is 0.277. The molecule has 0 bridgehead atoms. The molecule has 28 heavy (non-hydrogen) atoms. The van der Waals surface area contributed by atoms with Gasteiger partial charge in [-0.15, -0.1) is 0 Å². The third-order valence-corrected chi connectivity index (χ3v) is 7.03. The van der Waals surface area contributed by atoms with Gasteiger partial charge in [-0.25, -0.2) is 4.98 Å². The number of aromatic amines is 1. The molecule has 0 aliphatic carbocycles. The van der Waals surface area contributed by atoms with Crippen molar-refractivity contribution < 1.29 is 24.9 Å². The Bertz CT molecular complexity index is 916. The minimum atomic E-state index is -1.15. The van der Waals surface area contributed by atoms with E-state index in [9.17, 15) is 15.0 Å². The number of ether oxygens (including phenoxy) is 1. The Hall–Kier alpha value is -1.76. The molecule has 2 aromatic rings. The number of aliphatic carboxylic acids is 1. The smallest absolute Gasteiger partial charge is 0.320 e. The highest BCUT2D eigenvalue weighted by Crippen LogP contribution is 2.32. The summed E-state index contributed by atoms with van der Waals surface area (Å²) in [6.45, 7) is 3.78. The summed E-state index contributed by atoms with van der Waals surface area (Å²) < 4.78 is 8.13. The summed E-state index contributed by atoms with van der Waals surface area (Å²) in [5.74, 6) is -0.122. The van der Waals surface area contributed by atoms with Crippen LogP contribution in [0.1, 0.15) is 12.6 Å². The fourth-order valence-corrected chi connectivity index (χ4v) is 5.04. The molecule has 0 aromatic carbocycles. The first-order valence-corrected chi connectivity index (χ1v) is 10.7. The number of hydrogen-bond donors (Lipinski definition) is 5. The minimum Gasteiger partial charge on any atom is -0.480 e. The molecule has 11 heteroatoms. The van der Waals surface area contributed by atoms with Crippen molar-refractivity contribution in [2.24, 2.45) is 5.73 Å². The van der Waals surface area contributed by atoms with Gasteiger partial charge in [0.05, 0.1) is 10.8 Å². The topological polar surface area (TPSA) is 147 Å². The average molecular weight is 428 g/mol. The number of aliphatic hydroxyl groups is 2. The van der Waals surface area contributed by atoms with E-state index in [1.165, 1.54) is 6.33 Å². The number of pyridine rings is 1. The summed E-state index contributed by atoms with van der Waals surface area (Å²) in [6, 6.07) is 0.777. The molecule has 9 nitrogen and oxygen atoms in total. The van der Waals surface area contributed by atoms with Crippen molar-refractivity contribution in [2.45, 2.75) is 37.0 Å². The molecular formula is C17H23N4O5S2+. The fourth-order valence-electron chi connectivity index (χ4n) is 3.10. The van der Waals surface area contributed by atoms with E-state index in [0.717, 1.165) is 0 Å². The van der Waals surface area contributed by atoms with E-state index >= 15 is 0 Å². The van der Waals surface area contributed by atoms with Crippen molar-refractivity contribution >= 4 is 40.2 Å². The van der Waals surface area contributed by atoms with Crippen LogP contribution in [0.25, 0.3) is 11.2 Å². The van der Waals surface area contributed by atoms with Gasteiger partial charge in [-0.1, -0.05) is 18.8 Å². The Kier molecular flexibility index (Phi) is 6.53. The lowest BCUT2D eigenvalue weighted by Crippen LogP contribution is -2.37. The standard InChI is InChI=1S/C17H22N4O5S2/c1-2-28(6-4-9(18)17(24)25)7-10-13(22)14(23)16(26-10)21-8-20-12-11(27)3-5-19-15(12)21/h2-3,5,8-10,13-14,16,22-23H,1,4,6-7,18H2,(H-,19,24,25,27)/p+1/t9?,10-,13?,14+,16-,28?/m1/s1. The molecule has 2 aromatic heterocycles. The average Bonchev–Trinajstić information content (AvgIpc) is 3.21. The first kappa shape index (κ1) is 21.0. The van der Waals surface area contributed by atoms with Crippen molar-refractivity contribution in [1.29, 1.82) is 0 Å². The number of rotatable bonds is 8. The number of carboxylic acid groups (broad SMARTS) is 1. The zero-order valence-corrected chi connectivity index (χ0v) is 16.6. The van der Waals surface area contributed by atoms with Crippen LogP contribution in [0.3, 0.4) is 0 Å². The highest BCUT2D eigenvalue weighted by Gasteiger charge is 2.46. The van der Waals surface area contributed by atoms with Gasteiger partial charge in [0.1, 0.15) is 52.4 Å². The molecule has 0 amide bonds. The maximum absolute atomic E-state index is 10.9. The molecule has 0 radical (unpaired) electrons. The van der Waals surface area contributed by atoms with Crippen LogP contribution in [0, 0.1) is 4.51 Å². The van der Waals surface area contributed by atoms with E-state index < -0.39 is 47.4 Å².